The molecule has 4 amide bonds. The van der Waals surface area contributed by atoms with Crippen LogP contribution in [0, 0.1) is 27.9 Å². The van der Waals surface area contributed by atoms with Crippen LogP contribution in [0.2, 0.25) is 0 Å². The number of allylic oxidation sites excluding steroid dienone is 2. The molecule has 2 aliphatic carbocycles. The molecule has 1 N–H and O–H groups in total. The number of rotatable bonds is 5. The highest BCUT2D eigenvalue weighted by Gasteiger charge is 2.76. The van der Waals surface area contributed by atoms with Gasteiger partial charge in [0, 0.05) is 42.8 Å². The number of anilines is 1. The summed E-state index contributed by atoms with van der Waals surface area (Å²) in [7, 11) is 4.00. The minimum atomic E-state index is -2.12. The first-order valence-electron chi connectivity index (χ1n) is 13.3. The predicted molar refractivity (Wildman–Crippen MR) is 152 cm³/mol. The summed E-state index contributed by atoms with van der Waals surface area (Å²) in [6.07, 6.45) is 1.53. The topological polar surface area (TPSA) is 157 Å². The molecule has 2 aliphatic heterocycles. The first-order valence-corrected chi connectivity index (χ1v) is 14.0. The van der Waals surface area contributed by atoms with Crippen molar-refractivity contribution in [1.29, 1.82) is 0 Å². The van der Waals surface area contributed by atoms with Gasteiger partial charge in [-0.15, -0.1) is 23.2 Å². The molecule has 0 spiro atoms. The third kappa shape index (κ3) is 3.69. The molecule has 1 saturated carbocycles. The summed E-state index contributed by atoms with van der Waals surface area (Å²) in [5.41, 5.74) is 0.267. The Morgan fingerprint density at radius 1 is 1.02 bits per heavy atom. The zero-order chi connectivity index (χ0) is 31.2. The Bertz CT molecular complexity index is 1680. The number of nitro groups is 1. The van der Waals surface area contributed by atoms with E-state index in [1.165, 1.54) is 51.6 Å². The van der Waals surface area contributed by atoms with Gasteiger partial charge in [0.05, 0.1) is 36.7 Å². The van der Waals surface area contributed by atoms with E-state index in [1.807, 2.05) is 0 Å². The Labute approximate surface area is 254 Å². The molecule has 2 aromatic rings. The van der Waals surface area contributed by atoms with Gasteiger partial charge in [0.25, 0.3) is 17.5 Å². The number of nitrogens with zero attached hydrogens (tertiary/aromatic N) is 3. The zero-order valence-electron chi connectivity index (χ0n) is 23.1. The molecule has 0 radical (unpaired) electrons. The number of non-ortho nitro benzene ring substituents is 1. The summed E-state index contributed by atoms with van der Waals surface area (Å²) in [5, 5.41) is 22.7. The molecule has 6 rings (SSSR count). The van der Waals surface area contributed by atoms with Gasteiger partial charge in [-0.05, 0) is 24.8 Å². The molecule has 43 heavy (non-hydrogen) atoms. The highest BCUT2D eigenvalue weighted by molar-refractivity contribution is 6.53. The Hall–Kier alpha value is -4.16. The summed E-state index contributed by atoms with van der Waals surface area (Å²) in [4.78, 5) is 63.5. The lowest BCUT2D eigenvalue weighted by atomic mass is 9.56. The Balaban J connectivity index is 1.54. The summed E-state index contributed by atoms with van der Waals surface area (Å²) < 4.78 is 10.8. The van der Waals surface area contributed by atoms with Crippen LogP contribution in [0.5, 0.6) is 17.2 Å². The number of methoxy groups -OCH3 is 2. The second kappa shape index (κ2) is 9.68. The Morgan fingerprint density at radius 3 is 2.40 bits per heavy atom. The number of nitro benzene ring substituents is 1. The molecule has 14 heteroatoms. The molecule has 2 saturated heterocycles. The van der Waals surface area contributed by atoms with Crippen LogP contribution in [0.15, 0.2) is 48.0 Å². The first kappa shape index (κ1) is 28.9. The number of hydrogen-bond donors (Lipinski definition) is 1. The lowest BCUT2D eigenvalue weighted by molar-refractivity contribution is -0.384. The lowest BCUT2D eigenvalue weighted by Gasteiger charge is -2.51. The van der Waals surface area contributed by atoms with Crippen LogP contribution in [0.25, 0.3) is 0 Å². The van der Waals surface area contributed by atoms with E-state index in [2.05, 4.69) is 0 Å². The number of phenols is 1. The van der Waals surface area contributed by atoms with Gasteiger partial charge in [0.2, 0.25) is 11.8 Å². The molecule has 4 aliphatic rings. The van der Waals surface area contributed by atoms with Gasteiger partial charge >= 0.3 is 0 Å². The maximum atomic E-state index is 14.1. The number of phenolic OH excluding ortho intramolecular Hbond substituents is 1. The fourth-order valence-corrected chi connectivity index (χ4v) is 8.23. The van der Waals surface area contributed by atoms with Gasteiger partial charge in [-0.25, -0.2) is 4.90 Å². The molecule has 2 aromatic carbocycles. The first-order chi connectivity index (χ1) is 20.3. The van der Waals surface area contributed by atoms with Crippen molar-refractivity contribution >= 4 is 58.2 Å². The van der Waals surface area contributed by atoms with E-state index in [0.717, 1.165) is 15.9 Å². The van der Waals surface area contributed by atoms with Gasteiger partial charge in [-0.1, -0.05) is 17.7 Å². The average molecular weight is 630 g/mol. The fraction of sp³-hybridized carbons (Fsp3) is 0.379. The summed E-state index contributed by atoms with van der Waals surface area (Å²) in [6.45, 7) is 0. The van der Waals surface area contributed by atoms with E-state index >= 15 is 0 Å². The molecular weight excluding hydrogens is 605 g/mol. The number of imide groups is 2. The summed E-state index contributed by atoms with van der Waals surface area (Å²) in [6, 6.07) is 8.00. The SMILES string of the molecule is COc1cc(O)c(C2C3=CCC4C(=O)N(c5cccc([N+](=O)[O-])c5)C(=O)C4C3CC3(Cl)C(=O)N(C)C(=O)C23Cl)c(OC)c1. The van der Waals surface area contributed by atoms with Crippen molar-refractivity contribution in [3.8, 4) is 17.2 Å². The zero-order valence-corrected chi connectivity index (χ0v) is 24.6. The van der Waals surface area contributed by atoms with Crippen LogP contribution in [0.3, 0.4) is 0 Å². The Morgan fingerprint density at radius 2 is 1.74 bits per heavy atom. The number of aromatic hydroxyl groups is 1. The van der Waals surface area contributed by atoms with E-state index in [4.69, 9.17) is 32.7 Å². The van der Waals surface area contributed by atoms with Gasteiger partial charge < -0.3 is 14.6 Å². The van der Waals surface area contributed by atoms with Crippen molar-refractivity contribution in [2.24, 2.45) is 17.8 Å². The minimum absolute atomic E-state index is 0.0427. The van der Waals surface area contributed by atoms with Crippen molar-refractivity contribution in [2.45, 2.75) is 28.5 Å². The third-order valence-electron chi connectivity index (χ3n) is 9.15. The smallest absolute Gasteiger partial charge is 0.271 e. The molecule has 224 valence electrons. The number of halogens is 2. The number of carbonyl (C=O) groups is 4. The highest BCUT2D eigenvalue weighted by atomic mass is 35.5. The van der Waals surface area contributed by atoms with Crippen LogP contribution in [0.4, 0.5) is 11.4 Å². The number of likely N-dealkylation sites (tertiary alicyclic amines) is 1. The predicted octanol–water partition coefficient (Wildman–Crippen LogP) is 3.51. The average Bonchev–Trinajstić information content (AvgIpc) is 3.32. The van der Waals surface area contributed by atoms with Crippen LogP contribution in [-0.2, 0) is 19.2 Å². The van der Waals surface area contributed by atoms with E-state index in [1.54, 1.807) is 6.08 Å². The molecule has 0 aromatic heterocycles. The number of amides is 4. The maximum Gasteiger partial charge on any atom is 0.271 e. The molecule has 12 nitrogen and oxygen atoms in total. The molecule has 0 bridgehead atoms. The number of alkyl halides is 2. The maximum absolute atomic E-state index is 14.1. The quantitative estimate of drug-likeness (QED) is 0.172. The van der Waals surface area contributed by atoms with Gasteiger partial charge in [-0.3, -0.25) is 34.2 Å². The molecule has 3 fully saturated rings. The van der Waals surface area contributed by atoms with E-state index in [0.29, 0.717) is 5.57 Å². The van der Waals surface area contributed by atoms with Crippen LogP contribution in [0.1, 0.15) is 24.3 Å². The minimum Gasteiger partial charge on any atom is -0.507 e. The molecule has 6 unspecified atom stereocenters. The number of fused-ring (bicyclic) bond motifs is 4. The van der Waals surface area contributed by atoms with E-state index in [-0.39, 0.29) is 47.0 Å². The second-order valence-electron chi connectivity index (χ2n) is 11.0. The number of hydrogen-bond acceptors (Lipinski definition) is 9. The number of ether oxygens (including phenoxy) is 2. The summed E-state index contributed by atoms with van der Waals surface area (Å²) in [5.74, 6) is -6.72. The highest BCUT2D eigenvalue weighted by Crippen LogP contribution is 2.67. The number of benzene rings is 2. The monoisotopic (exact) mass is 629 g/mol. The van der Waals surface area contributed by atoms with Crippen LogP contribution < -0.4 is 14.4 Å². The van der Waals surface area contributed by atoms with Crippen molar-refractivity contribution in [1.82, 2.24) is 4.90 Å². The van der Waals surface area contributed by atoms with Crippen molar-refractivity contribution in [2.75, 3.05) is 26.2 Å². The third-order valence-corrected chi connectivity index (χ3v) is 10.6. The normalized spacial score (nSPS) is 31.4. The summed E-state index contributed by atoms with van der Waals surface area (Å²) >= 11 is 14.3. The van der Waals surface area contributed by atoms with E-state index in [9.17, 15) is 34.4 Å². The van der Waals surface area contributed by atoms with Gasteiger partial charge in [-0.2, -0.15) is 0 Å². The molecule has 6 atom stereocenters. The van der Waals surface area contributed by atoms with E-state index < -0.39 is 62.0 Å². The lowest BCUT2D eigenvalue weighted by Crippen LogP contribution is -2.60. The van der Waals surface area contributed by atoms with Crippen molar-refractivity contribution in [3.05, 3.63) is 63.7 Å². The number of carbonyl (C=O) groups excluding carboxylic acids is 4. The van der Waals surface area contributed by atoms with Gasteiger partial charge in [0.15, 0.2) is 9.75 Å². The second-order valence-corrected chi connectivity index (χ2v) is 12.3. The van der Waals surface area contributed by atoms with Crippen molar-refractivity contribution < 1.29 is 38.7 Å². The Kier molecular flexibility index (Phi) is 6.51. The van der Waals surface area contributed by atoms with Crippen molar-refractivity contribution in [3.63, 3.8) is 0 Å². The standard InChI is InChI=1S/C29H25Cl2N3O9/c1-32-26(38)28(30)12-18-16(23(29(28,31)27(32)39)22-19(35)10-15(42-2)11-20(22)43-3)7-8-17-21(18)25(37)33(24(17)36)13-5-4-6-14(9-13)34(40)41/h4-7,9-11,17-18,21,23,35H,8,12H2,1-3H3. The van der Waals surface area contributed by atoms with Crippen LogP contribution >= 0.6 is 23.2 Å². The molecular formula is C29H25Cl2N3O9. The largest absolute Gasteiger partial charge is 0.507 e. The van der Waals surface area contributed by atoms with Crippen LogP contribution in [-0.4, -0.2) is 69.6 Å². The van der Waals surface area contributed by atoms with Gasteiger partial charge in [0.1, 0.15) is 17.2 Å². The fourth-order valence-electron chi connectivity index (χ4n) is 7.23. The molecule has 2 heterocycles.